The van der Waals surface area contributed by atoms with Crippen molar-refractivity contribution < 1.29 is 4.39 Å². The molecule has 0 amide bonds. The lowest BCUT2D eigenvalue weighted by molar-refractivity contribution is 0.629. The van der Waals surface area contributed by atoms with E-state index in [9.17, 15) is 4.39 Å². The highest BCUT2D eigenvalue weighted by Crippen LogP contribution is 2.22. The molecule has 0 saturated carbocycles. The summed E-state index contributed by atoms with van der Waals surface area (Å²) in [4.78, 5) is 8.43. The molecule has 0 unspecified atom stereocenters. The van der Waals surface area contributed by atoms with Gasteiger partial charge in [0.1, 0.15) is 18.0 Å². The summed E-state index contributed by atoms with van der Waals surface area (Å²) in [6.45, 7) is 2.81. The van der Waals surface area contributed by atoms with Gasteiger partial charge in [-0.05, 0) is 48.2 Å². The molecule has 0 aliphatic heterocycles. The molecule has 1 N–H and O–H groups in total. The summed E-state index contributed by atoms with van der Waals surface area (Å²) >= 11 is 0. The second kappa shape index (κ2) is 7.54. The molecule has 4 aromatic rings. The van der Waals surface area contributed by atoms with E-state index in [0.29, 0.717) is 17.7 Å². The van der Waals surface area contributed by atoms with Crippen molar-refractivity contribution in [2.24, 2.45) is 0 Å². The highest BCUT2D eigenvalue weighted by molar-refractivity contribution is 5.88. The van der Waals surface area contributed by atoms with Crippen LogP contribution < -0.4 is 5.32 Å². The maximum absolute atomic E-state index is 13.5. The van der Waals surface area contributed by atoms with Crippen molar-refractivity contribution in [3.05, 3.63) is 90.0 Å². The molecule has 0 aliphatic carbocycles. The number of aryl methyl sites for hydroxylation is 1. The van der Waals surface area contributed by atoms with Gasteiger partial charge in [-0.2, -0.15) is 0 Å². The Morgan fingerprint density at radius 3 is 2.30 bits per heavy atom. The fraction of sp³-hybridized carbons (Fsp3) is 0.130. The molecule has 0 fully saturated rings. The molecule has 0 bridgehead atoms. The van der Waals surface area contributed by atoms with Crippen molar-refractivity contribution in [1.82, 2.24) is 9.97 Å². The summed E-state index contributed by atoms with van der Waals surface area (Å²) in [5.41, 5.74) is 5.67. The van der Waals surface area contributed by atoms with Crippen LogP contribution in [0.1, 0.15) is 11.1 Å². The monoisotopic (exact) mass is 357 g/mol. The van der Waals surface area contributed by atoms with Crippen LogP contribution in [0.25, 0.3) is 22.0 Å². The van der Waals surface area contributed by atoms with Crippen LogP contribution in [0, 0.1) is 12.7 Å². The van der Waals surface area contributed by atoms with Crippen LogP contribution in [0.15, 0.2) is 73.1 Å². The molecule has 0 atom stereocenters. The Bertz CT molecular complexity index is 1060. The van der Waals surface area contributed by atoms with Crippen molar-refractivity contribution in [1.29, 1.82) is 0 Å². The average molecular weight is 357 g/mol. The first-order valence-electron chi connectivity index (χ1n) is 8.99. The second-order valence-corrected chi connectivity index (χ2v) is 6.62. The van der Waals surface area contributed by atoms with Gasteiger partial charge >= 0.3 is 0 Å². The Balaban J connectivity index is 1.42. The van der Waals surface area contributed by atoms with Crippen molar-refractivity contribution in [2.45, 2.75) is 13.3 Å². The third kappa shape index (κ3) is 3.95. The second-order valence-electron chi connectivity index (χ2n) is 6.62. The van der Waals surface area contributed by atoms with Gasteiger partial charge in [0.15, 0.2) is 0 Å². The summed E-state index contributed by atoms with van der Waals surface area (Å²) in [6, 6.07) is 21.7. The molecule has 1 aromatic heterocycles. The number of nitrogens with one attached hydrogen (secondary N) is 1. The predicted molar refractivity (Wildman–Crippen MR) is 108 cm³/mol. The number of nitrogens with zero attached hydrogens (tertiary/aromatic N) is 2. The zero-order valence-electron chi connectivity index (χ0n) is 15.1. The van der Waals surface area contributed by atoms with Gasteiger partial charge in [0.25, 0.3) is 0 Å². The van der Waals surface area contributed by atoms with E-state index in [-0.39, 0.29) is 5.82 Å². The van der Waals surface area contributed by atoms with Crippen molar-refractivity contribution in [3.63, 3.8) is 0 Å². The Morgan fingerprint density at radius 1 is 0.852 bits per heavy atom. The number of benzene rings is 3. The molecule has 0 aliphatic rings. The molecule has 27 heavy (non-hydrogen) atoms. The van der Waals surface area contributed by atoms with Gasteiger partial charge in [0.2, 0.25) is 0 Å². The molecule has 3 aromatic carbocycles. The predicted octanol–water partition coefficient (Wildman–Crippen LogP) is 5.40. The first-order valence-corrected chi connectivity index (χ1v) is 8.99. The lowest BCUT2D eigenvalue weighted by Crippen LogP contribution is -2.07. The van der Waals surface area contributed by atoms with E-state index in [1.54, 1.807) is 6.07 Å². The Morgan fingerprint density at radius 2 is 1.56 bits per heavy atom. The van der Waals surface area contributed by atoms with Crippen molar-refractivity contribution >= 4 is 16.7 Å². The molecule has 3 nitrogen and oxygen atoms in total. The topological polar surface area (TPSA) is 37.8 Å². The minimum absolute atomic E-state index is 0.285. The SMILES string of the molecule is Cc1ccc(-c2ccc(CCNc3ncnc4ccc(F)cc34)cc2)cc1. The fourth-order valence-corrected chi connectivity index (χ4v) is 3.10. The number of rotatable bonds is 5. The summed E-state index contributed by atoms with van der Waals surface area (Å²) in [5.74, 6) is 0.378. The van der Waals surface area contributed by atoms with Crippen LogP contribution in [0.5, 0.6) is 0 Å². The summed E-state index contributed by atoms with van der Waals surface area (Å²) < 4.78 is 13.5. The highest BCUT2D eigenvalue weighted by Gasteiger charge is 2.05. The van der Waals surface area contributed by atoms with Gasteiger partial charge in [-0.15, -0.1) is 0 Å². The van der Waals surface area contributed by atoms with Gasteiger partial charge in [-0.1, -0.05) is 54.1 Å². The van der Waals surface area contributed by atoms with Crippen molar-refractivity contribution in [2.75, 3.05) is 11.9 Å². The smallest absolute Gasteiger partial charge is 0.137 e. The van der Waals surface area contributed by atoms with E-state index in [4.69, 9.17) is 0 Å². The molecule has 0 radical (unpaired) electrons. The van der Waals surface area contributed by atoms with Crippen LogP contribution in [0.3, 0.4) is 0 Å². The molecule has 1 heterocycles. The zero-order valence-corrected chi connectivity index (χ0v) is 15.1. The van der Waals surface area contributed by atoms with Gasteiger partial charge in [0.05, 0.1) is 5.52 Å². The van der Waals surface area contributed by atoms with E-state index >= 15 is 0 Å². The maximum Gasteiger partial charge on any atom is 0.137 e. The van der Waals surface area contributed by atoms with Crippen LogP contribution in [-0.2, 0) is 6.42 Å². The van der Waals surface area contributed by atoms with E-state index < -0.39 is 0 Å². The lowest BCUT2D eigenvalue weighted by atomic mass is 10.0. The molecular weight excluding hydrogens is 337 g/mol. The Hall–Kier alpha value is -3.27. The molecule has 0 saturated heterocycles. The van der Waals surface area contributed by atoms with E-state index in [1.165, 1.54) is 40.7 Å². The van der Waals surface area contributed by atoms with Crippen LogP contribution in [-0.4, -0.2) is 16.5 Å². The quantitative estimate of drug-likeness (QED) is 0.520. The van der Waals surface area contributed by atoms with E-state index in [0.717, 1.165) is 11.9 Å². The van der Waals surface area contributed by atoms with Crippen LogP contribution in [0.4, 0.5) is 10.2 Å². The van der Waals surface area contributed by atoms with E-state index in [2.05, 4.69) is 70.7 Å². The number of halogens is 1. The van der Waals surface area contributed by atoms with Gasteiger partial charge in [0, 0.05) is 11.9 Å². The zero-order chi connectivity index (χ0) is 18.6. The minimum atomic E-state index is -0.285. The molecule has 4 heteroatoms. The van der Waals surface area contributed by atoms with Gasteiger partial charge in [-0.25, -0.2) is 14.4 Å². The molecular formula is C23H20FN3. The highest BCUT2D eigenvalue weighted by atomic mass is 19.1. The van der Waals surface area contributed by atoms with Gasteiger partial charge < -0.3 is 5.32 Å². The summed E-state index contributed by atoms with van der Waals surface area (Å²) in [7, 11) is 0. The third-order valence-corrected chi connectivity index (χ3v) is 4.64. The van der Waals surface area contributed by atoms with Gasteiger partial charge in [-0.3, -0.25) is 0 Å². The fourth-order valence-electron chi connectivity index (χ4n) is 3.10. The van der Waals surface area contributed by atoms with Crippen LogP contribution >= 0.6 is 0 Å². The molecule has 134 valence electrons. The number of hydrogen-bond donors (Lipinski definition) is 1. The minimum Gasteiger partial charge on any atom is -0.369 e. The first kappa shape index (κ1) is 17.2. The lowest BCUT2D eigenvalue weighted by Gasteiger charge is -2.09. The summed E-state index contributed by atoms with van der Waals surface area (Å²) in [5, 5.41) is 4.00. The maximum atomic E-state index is 13.5. The average Bonchev–Trinajstić information content (AvgIpc) is 2.69. The molecule has 0 spiro atoms. The Kier molecular flexibility index (Phi) is 4.79. The van der Waals surface area contributed by atoms with E-state index in [1.807, 2.05) is 0 Å². The number of fused-ring (bicyclic) bond motifs is 1. The third-order valence-electron chi connectivity index (χ3n) is 4.64. The summed E-state index contributed by atoms with van der Waals surface area (Å²) in [6.07, 6.45) is 2.36. The number of hydrogen-bond acceptors (Lipinski definition) is 3. The Labute approximate surface area is 157 Å². The number of anilines is 1. The normalized spacial score (nSPS) is 10.9. The standard InChI is InChI=1S/C23H20FN3/c1-16-2-6-18(7-3-16)19-8-4-17(5-9-19)12-13-25-23-21-14-20(24)10-11-22(21)26-15-27-23/h2-11,14-15H,12-13H2,1H3,(H,25,26,27). The number of aromatic nitrogens is 2. The molecule has 4 rings (SSSR count). The van der Waals surface area contributed by atoms with Crippen LogP contribution in [0.2, 0.25) is 0 Å². The van der Waals surface area contributed by atoms with Crippen molar-refractivity contribution in [3.8, 4) is 11.1 Å². The largest absolute Gasteiger partial charge is 0.369 e. The first-order chi connectivity index (χ1) is 13.2.